The molecule has 106 valence electrons. The number of hydrogen-bond donors (Lipinski definition) is 0. The summed E-state index contributed by atoms with van der Waals surface area (Å²) in [6.45, 7) is 8.59. The van der Waals surface area contributed by atoms with E-state index in [1.807, 2.05) is 0 Å². The van der Waals surface area contributed by atoms with Gasteiger partial charge in [-0.2, -0.15) is 0 Å². The lowest BCUT2D eigenvalue weighted by atomic mass is 9.89. The Bertz CT molecular complexity index is 713. The molecule has 1 heterocycles. The van der Waals surface area contributed by atoms with Crippen molar-refractivity contribution < 1.29 is 0 Å². The third-order valence-corrected chi connectivity index (χ3v) is 4.05. The maximum absolute atomic E-state index is 4.92. The predicted octanol–water partition coefficient (Wildman–Crippen LogP) is 4.97. The van der Waals surface area contributed by atoms with E-state index < -0.39 is 0 Å². The molecule has 0 spiro atoms. The second kappa shape index (κ2) is 5.00. The van der Waals surface area contributed by atoms with Gasteiger partial charge in [0.1, 0.15) is 0 Å². The summed E-state index contributed by atoms with van der Waals surface area (Å²) in [5, 5.41) is 0. The molecule has 1 nitrogen and oxygen atoms in total. The van der Waals surface area contributed by atoms with Crippen LogP contribution in [0.25, 0.3) is 5.57 Å². The Kier molecular flexibility index (Phi) is 3.29. The lowest BCUT2D eigenvalue weighted by molar-refractivity contribution is 0.689. The smallest absolute Gasteiger partial charge is 0.0814 e. The van der Waals surface area contributed by atoms with E-state index >= 15 is 0 Å². The topological polar surface area (TPSA) is 12.4 Å². The molecule has 0 saturated carbocycles. The Morgan fingerprint density at radius 3 is 1.71 bits per heavy atom. The summed E-state index contributed by atoms with van der Waals surface area (Å²) in [5.74, 6) is 0. The molecule has 2 aromatic rings. The van der Waals surface area contributed by atoms with Crippen LogP contribution in [-0.2, 0) is 0 Å². The van der Waals surface area contributed by atoms with Crippen molar-refractivity contribution in [2.24, 2.45) is 4.99 Å². The minimum absolute atomic E-state index is 0.171. The molecule has 0 N–H and O–H groups in total. The molecule has 1 aliphatic rings. The van der Waals surface area contributed by atoms with E-state index in [2.05, 4.69) is 82.3 Å². The quantitative estimate of drug-likeness (QED) is 0.734. The van der Waals surface area contributed by atoms with E-state index in [4.69, 9.17) is 4.99 Å². The summed E-state index contributed by atoms with van der Waals surface area (Å²) in [7, 11) is 0. The van der Waals surface area contributed by atoms with Gasteiger partial charge in [-0.1, -0.05) is 59.7 Å². The van der Waals surface area contributed by atoms with E-state index in [9.17, 15) is 0 Å². The van der Waals surface area contributed by atoms with Gasteiger partial charge in [0.2, 0.25) is 0 Å². The Balaban J connectivity index is 2.01. The second-order valence-corrected chi connectivity index (χ2v) is 6.35. The number of hydrogen-bond acceptors (Lipinski definition) is 1. The van der Waals surface area contributed by atoms with Crippen LogP contribution in [0.1, 0.15) is 36.1 Å². The second-order valence-electron chi connectivity index (χ2n) is 6.35. The van der Waals surface area contributed by atoms with E-state index in [0.29, 0.717) is 0 Å². The van der Waals surface area contributed by atoms with Crippen molar-refractivity contribution >= 4 is 11.3 Å². The van der Waals surface area contributed by atoms with Gasteiger partial charge >= 0.3 is 0 Å². The van der Waals surface area contributed by atoms with Crippen LogP contribution in [-0.4, -0.2) is 11.3 Å². The lowest BCUT2D eigenvalue weighted by Gasteiger charge is -2.19. The zero-order valence-corrected chi connectivity index (χ0v) is 13.1. The van der Waals surface area contributed by atoms with Gasteiger partial charge in [-0.15, -0.1) is 0 Å². The fourth-order valence-electron chi connectivity index (χ4n) is 2.75. The Hall–Kier alpha value is -2.15. The van der Waals surface area contributed by atoms with Crippen molar-refractivity contribution in [2.75, 3.05) is 0 Å². The highest BCUT2D eigenvalue weighted by molar-refractivity contribution is 6.16. The van der Waals surface area contributed by atoms with Gasteiger partial charge in [0.05, 0.1) is 11.3 Å². The van der Waals surface area contributed by atoms with Crippen LogP contribution in [0.5, 0.6) is 0 Å². The average molecular weight is 275 g/mol. The van der Waals surface area contributed by atoms with Crippen LogP contribution in [0, 0.1) is 13.8 Å². The summed E-state index contributed by atoms with van der Waals surface area (Å²) in [6.07, 6.45) is 2.23. The maximum Gasteiger partial charge on any atom is 0.0814 e. The molecule has 3 rings (SSSR count). The molecule has 0 amide bonds. The van der Waals surface area contributed by atoms with Gasteiger partial charge < -0.3 is 0 Å². The third kappa shape index (κ3) is 2.69. The van der Waals surface area contributed by atoms with Crippen molar-refractivity contribution in [1.29, 1.82) is 0 Å². The molecule has 1 aliphatic heterocycles. The molecule has 1 heteroatoms. The highest BCUT2D eigenvalue weighted by Gasteiger charge is 2.29. The van der Waals surface area contributed by atoms with Crippen molar-refractivity contribution in [3.8, 4) is 0 Å². The highest BCUT2D eigenvalue weighted by atomic mass is 14.9. The van der Waals surface area contributed by atoms with E-state index in [1.54, 1.807) is 0 Å². The van der Waals surface area contributed by atoms with E-state index in [-0.39, 0.29) is 5.54 Å². The number of benzene rings is 2. The van der Waals surface area contributed by atoms with Gasteiger partial charge in [0.15, 0.2) is 0 Å². The summed E-state index contributed by atoms with van der Waals surface area (Å²) >= 11 is 0. The van der Waals surface area contributed by atoms with Crippen LogP contribution in [0.3, 0.4) is 0 Å². The maximum atomic E-state index is 4.92. The Labute approximate surface area is 127 Å². The average Bonchev–Trinajstić information content (AvgIpc) is 2.76. The molecule has 0 aromatic heterocycles. The summed E-state index contributed by atoms with van der Waals surface area (Å²) in [5.41, 5.74) is 7.21. The first-order valence-electron chi connectivity index (χ1n) is 7.42. The van der Waals surface area contributed by atoms with Crippen LogP contribution < -0.4 is 0 Å². The molecular formula is C20H21N. The molecule has 0 unspecified atom stereocenters. The predicted molar refractivity (Wildman–Crippen MR) is 91.0 cm³/mol. The normalized spacial score (nSPS) is 16.6. The Morgan fingerprint density at radius 1 is 0.714 bits per heavy atom. The van der Waals surface area contributed by atoms with Gasteiger partial charge in [0.25, 0.3) is 0 Å². The van der Waals surface area contributed by atoms with Crippen molar-refractivity contribution in [1.82, 2.24) is 0 Å². The van der Waals surface area contributed by atoms with Crippen LogP contribution in [0.15, 0.2) is 59.6 Å². The fraction of sp³-hybridized carbons (Fsp3) is 0.250. The van der Waals surface area contributed by atoms with Crippen LogP contribution in [0.2, 0.25) is 0 Å². The largest absolute Gasteiger partial charge is 0.274 e. The molecule has 0 fully saturated rings. The third-order valence-electron chi connectivity index (χ3n) is 4.05. The number of rotatable bonds is 2. The molecule has 0 radical (unpaired) electrons. The first kappa shape index (κ1) is 13.8. The molecule has 2 aromatic carbocycles. The fourth-order valence-corrected chi connectivity index (χ4v) is 2.75. The molecule has 0 atom stereocenters. The summed E-state index contributed by atoms with van der Waals surface area (Å²) in [6, 6.07) is 17.3. The SMILES string of the molecule is Cc1ccc(C2=CC(c3ccc(C)cc3)=NC2(C)C)cc1. The van der Waals surface area contributed by atoms with Gasteiger partial charge in [-0.05, 0) is 50.5 Å². The number of allylic oxidation sites excluding steroid dienone is 1. The molecule has 0 aliphatic carbocycles. The zero-order valence-electron chi connectivity index (χ0n) is 13.1. The standard InChI is InChI=1S/C20H21N/c1-14-5-9-16(10-6-14)18-13-19(21-20(18,3)4)17-11-7-15(2)8-12-17/h5-13H,1-4H3. The van der Waals surface area contributed by atoms with Crippen LogP contribution >= 0.6 is 0 Å². The minimum Gasteiger partial charge on any atom is -0.274 e. The summed E-state index contributed by atoms with van der Waals surface area (Å²) in [4.78, 5) is 4.92. The number of aliphatic imine (C=N–C) groups is 1. The summed E-state index contributed by atoms with van der Waals surface area (Å²) < 4.78 is 0. The van der Waals surface area contributed by atoms with E-state index in [0.717, 1.165) is 5.71 Å². The number of aryl methyl sites for hydroxylation is 2. The molecule has 21 heavy (non-hydrogen) atoms. The van der Waals surface area contributed by atoms with Crippen molar-refractivity contribution in [2.45, 2.75) is 33.2 Å². The van der Waals surface area contributed by atoms with Crippen molar-refractivity contribution in [3.05, 3.63) is 76.9 Å². The van der Waals surface area contributed by atoms with Crippen molar-refractivity contribution in [3.63, 3.8) is 0 Å². The zero-order chi connectivity index (χ0) is 15.0. The number of nitrogens with zero attached hydrogens (tertiary/aromatic N) is 1. The van der Waals surface area contributed by atoms with Gasteiger partial charge in [0, 0.05) is 0 Å². The van der Waals surface area contributed by atoms with Gasteiger partial charge in [-0.25, -0.2) is 0 Å². The molecular weight excluding hydrogens is 254 g/mol. The van der Waals surface area contributed by atoms with E-state index in [1.165, 1.54) is 27.8 Å². The van der Waals surface area contributed by atoms with Crippen LogP contribution in [0.4, 0.5) is 0 Å². The first-order valence-corrected chi connectivity index (χ1v) is 7.42. The minimum atomic E-state index is -0.171. The monoisotopic (exact) mass is 275 g/mol. The first-order chi connectivity index (χ1) is 9.95. The van der Waals surface area contributed by atoms with Gasteiger partial charge in [-0.3, -0.25) is 4.99 Å². The highest BCUT2D eigenvalue weighted by Crippen LogP contribution is 2.36. The Morgan fingerprint density at radius 2 is 1.19 bits per heavy atom. The molecule has 0 bridgehead atoms. The molecule has 0 saturated heterocycles. The lowest BCUT2D eigenvalue weighted by Crippen LogP contribution is -2.16.